The molecule has 0 radical (unpaired) electrons. The summed E-state index contributed by atoms with van der Waals surface area (Å²) in [5, 5.41) is 16.0. The number of phenolic OH excluding ortho intramolecular Hbond substituents is 1. The Morgan fingerprint density at radius 1 is 1.21 bits per heavy atom. The van der Waals surface area contributed by atoms with Gasteiger partial charge < -0.3 is 5.11 Å². The van der Waals surface area contributed by atoms with E-state index >= 15 is 0 Å². The van der Waals surface area contributed by atoms with Crippen molar-refractivity contribution in [1.82, 2.24) is 0 Å². The number of rotatable bonds is 2. The Balaban J connectivity index is 2.00. The fourth-order valence-corrected chi connectivity index (χ4v) is 3.18. The largest absolute Gasteiger partial charge is 0.507 e. The average molecular weight is 473 g/mol. The van der Waals surface area contributed by atoms with Crippen LogP contribution in [-0.4, -0.2) is 16.7 Å². The van der Waals surface area contributed by atoms with Crippen molar-refractivity contribution in [3.63, 3.8) is 0 Å². The molecule has 0 atom stereocenters. The number of carbonyl (C=O) groups is 1. The molecule has 1 aliphatic heterocycles. The van der Waals surface area contributed by atoms with Crippen molar-refractivity contribution in [2.75, 3.05) is 5.01 Å². The Morgan fingerprint density at radius 2 is 1.96 bits per heavy atom. The summed E-state index contributed by atoms with van der Waals surface area (Å²) in [6, 6.07) is 10.00. The van der Waals surface area contributed by atoms with Crippen LogP contribution < -0.4 is 5.01 Å². The van der Waals surface area contributed by atoms with Gasteiger partial charge in [-0.05, 0) is 71.5 Å². The smallest absolute Gasteiger partial charge is 0.280 e. The molecule has 0 aromatic heterocycles. The van der Waals surface area contributed by atoms with Crippen molar-refractivity contribution in [2.24, 2.45) is 5.10 Å². The molecule has 7 heteroatoms. The third kappa shape index (κ3) is 3.29. The van der Waals surface area contributed by atoms with E-state index in [1.807, 2.05) is 22.6 Å². The second-order valence-electron chi connectivity index (χ2n) is 5.17. The number of aromatic hydroxyl groups is 1. The van der Waals surface area contributed by atoms with E-state index in [1.165, 1.54) is 5.01 Å². The molecule has 0 fully saturated rings. The van der Waals surface area contributed by atoms with E-state index in [4.69, 9.17) is 23.2 Å². The van der Waals surface area contributed by atoms with Gasteiger partial charge in [0.05, 0.1) is 25.6 Å². The molecule has 2 aromatic rings. The summed E-state index contributed by atoms with van der Waals surface area (Å²) in [4.78, 5) is 12.7. The molecule has 4 nitrogen and oxygen atoms in total. The number of anilines is 1. The number of hydrogen-bond donors (Lipinski definition) is 1. The van der Waals surface area contributed by atoms with Gasteiger partial charge in [-0.15, -0.1) is 0 Å². The van der Waals surface area contributed by atoms with Crippen LogP contribution in [0.25, 0.3) is 6.08 Å². The molecule has 0 bridgehead atoms. The zero-order valence-electron chi connectivity index (χ0n) is 12.4. The first-order valence-electron chi connectivity index (χ1n) is 6.92. The summed E-state index contributed by atoms with van der Waals surface area (Å²) >= 11 is 14.2. The van der Waals surface area contributed by atoms with Crippen molar-refractivity contribution < 1.29 is 9.90 Å². The van der Waals surface area contributed by atoms with Gasteiger partial charge in [-0.2, -0.15) is 10.1 Å². The molecule has 1 N–H and O–H groups in total. The van der Waals surface area contributed by atoms with Crippen LogP contribution in [0, 0.1) is 3.57 Å². The van der Waals surface area contributed by atoms with E-state index in [2.05, 4.69) is 5.10 Å². The lowest BCUT2D eigenvalue weighted by atomic mass is 10.1. The van der Waals surface area contributed by atoms with Gasteiger partial charge in [0.25, 0.3) is 5.91 Å². The predicted octanol–water partition coefficient (Wildman–Crippen LogP) is 5.11. The van der Waals surface area contributed by atoms with E-state index in [0.29, 0.717) is 30.6 Å². The third-order valence-electron chi connectivity index (χ3n) is 3.48. The van der Waals surface area contributed by atoms with Crippen molar-refractivity contribution in [2.45, 2.75) is 6.92 Å². The van der Waals surface area contributed by atoms with Crippen molar-refractivity contribution in [3.8, 4) is 5.75 Å². The summed E-state index contributed by atoms with van der Waals surface area (Å²) in [7, 11) is 0. The second-order valence-corrected chi connectivity index (χ2v) is 7.17. The molecule has 1 aliphatic rings. The van der Waals surface area contributed by atoms with E-state index in [-0.39, 0.29) is 11.7 Å². The van der Waals surface area contributed by atoms with Gasteiger partial charge in [-0.25, -0.2) is 0 Å². The normalized spacial score (nSPS) is 16.0. The number of phenols is 1. The highest BCUT2D eigenvalue weighted by Crippen LogP contribution is 2.33. The second kappa shape index (κ2) is 6.74. The summed E-state index contributed by atoms with van der Waals surface area (Å²) in [5.74, 6) is -0.0760. The first-order chi connectivity index (χ1) is 11.4. The van der Waals surface area contributed by atoms with Gasteiger partial charge >= 0.3 is 0 Å². The molecule has 0 saturated heterocycles. The minimum absolute atomic E-state index is 0.202. The van der Waals surface area contributed by atoms with Gasteiger partial charge in [0.1, 0.15) is 5.75 Å². The molecule has 2 aromatic carbocycles. The summed E-state index contributed by atoms with van der Waals surface area (Å²) in [5.41, 5.74) is 2.29. The van der Waals surface area contributed by atoms with Crippen LogP contribution >= 0.6 is 45.8 Å². The van der Waals surface area contributed by atoms with Gasteiger partial charge in [0, 0.05) is 5.02 Å². The first-order valence-corrected chi connectivity index (χ1v) is 8.75. The molecule has 24 heavy (non-hydrogen) atoms. The number of nitrogens with zero attached hydrogens (tertiary/aromatic N) is 2. The fourth-order valence-electron chi connectivity index (χ4n) is 2.28. The minimum atomic E-state index is -0.278. The molecule has 0 saturated carbocycles. The predicted molar refractivity (Wildman–Crippen MR) is 106 cm³/mol. The average Bonchev–Trinajstić information content (AvgIpc) is 2.81. The maximum atomic E-state index is 12.7. The monoisotopic (exact) mass is 472 g/mol. The lowest BCUT2D eigenvalue weighted by molar-refractivity contribution is -0.114. The van der Waals surface area contributed by atoms with Crippen LogP contribution in [0.15, 0.2) is 47.1 Å². The molecule has 3 rings (SSSR count). The molecule has 1 amide bonds. The highest BCUT2D eigenvalue weighted by Gasteiger charge is 2.30. The quantitative estimate of drug-likeness (QED) is 0.487. The van der Waals surface area contributed by atoms with Gasteiger partial charge in [0.15, 0.2) is 0 Å². The Bertz CT molecular complexity index is 909. The maximum absolute atomic E-state index is 12.7. The van der Waals surface area contributed by atoms with E-state index in [0.717, 1.165) is 5.56 Å². The number of benzene rings is 2. The third-order valence-corrected chi connectivity index (χ3v) is 4.90. The topological polar surface area (TPSA) is 52.9 Å². The number of hydrogen-bond acceptors (Lipinski definition) is 3. The highest BCUT2D eigenvalue weighted by atomic mass is 127. The summed E-state index contributed by atoms with van der Waals surface area (Å²) < 4.78 is 0.705. The lowest BCUT2D eigenvalue weighted by Gasteiger charge is -2.13. The van der Waals surface area contributed by atoms with E-state index in [1.54, 1.807) is 49.4 Å². The zero-order chi connectivity index (χ0) is 17.4. The van der Waals surface area contributed by atoms with Crippen LogP contribution in [0.4, 0.5) is 5.69 Å². The molecular weight excluding hydrogens is 462 g/mol. The Kier molecular flexibility index (Phi) is 4.85. The highest BCUT2D eigenvalue weighted by molar-refractivity contribution is 14.1. The van der Waals surface area contributed by atoms with Gasteiger partial charge in [-0.1, -0.05) is 29.3 Å². The summed E-state index contributed by atoms with van der Waals surface area (Å²) in [6.45, 7) is 1.76. The Labute approximate surface area is 162 Å². The summed E-state index contributed by atoms with van der Waals surface area (Å²) in [6.07, 6.45) is 1.74. The maximum Gasteiger partial charge on any atom is 0.280 e. The van der Waals surface area contributed by atoms with Gasteiger partial charge in [0.2, 0.25) is 0 Å². The van der Waals surface area contributed by atoms with Crippen LogP contribution in [0.2, 0.25) is 10.0 Å². The number of halogens is 3. The van der Waals surface area contributed by atoms with E-state index < -0.39 is 0 Å². The molecule has 122 valence electrons. The first kappa shape index (κ1) is 17.3. The SMILES string of the molecule is CC1=NN(c2cc(Cl)ccc2Cl)C(=O)/C1=C\c1ccc(O)c(I)c1. The zero-order valence-corrected chi connectivity index (χ0v) is 16.1. The molecule has 0 aliphatic carbocycles. The standard InChI is InChI=1S/C17H11Cl2IN2O2/c1-9-12(6-10-2-5-16(23)14(20)7-10)17(24)22(21-9)15-8-11(18)3-4-13(15)19/h2-8,23H,1H3/b12-6-. The molecule has 1 heterocycles. The van der Waals surface area contributed by atoms with Crippen LogP contribution in [0.5, 0.6) is 5.75 Å². The van der Waals surface area contributed by atoms with Crippen LogP contribution in [0.1, 0.15) is 12.5 Å². The molecule has 0 spiro atoms. The number of hydrazone groups is 1. The van der Waals surface area contributed by atoms with Crippen LogP contribution in [-0.2, 0) is 4.79 Å². The lowest BCUT2D eigenvalue weighted by Crippen LogP contribution is -2.21. The minimum Gasteiger partial charge on any atom is -0.507 e. The molecular formula is C17H11Cl2IN2O2. The number of amides is 1. The number of carbonyl (C=O) groups excluding carboxylic acids is 1. The molecule has 0 unspecified atom stereocenters. The fraction of sp³-hybridized carbons (Fsp3) is 0.0588. The Hall–Kier alpha value is -1.57. The van der Waals surface area contributed by atoms with Crippen molar-refractivity contribution in [3.05, 3.63) is 61.2 Å². The van der Waals surface area contributed by atoms with Gasteiger partial charge in [-0.3, -0.25) is 4.79 Å². The van der Waals surface area contributed by atoms with Crippen LogP contribution in [0.3, 0.4) is 0 Å². The van der Waals surface area contributed by atoms with Crippen molar-refractivity contribution >= 4 is 69.2 Å². The van der Waals surface area contributed by atoms with Crippen molar-refractivity contribution in [1.29, 1.82) is 0 Å². The van der Waals surface area contributed by atoms with E-state index in [9.17, 15) is 9.90 Å². The Morgan fingerprint density at radius 3 is 2.67 bits per heavy atom.